The van der Waals surface area contributed by atoms with Crippen LogP contribution in [0.15, 0.2) is 12.3 Å². The minimum Gasteiger partial charge on any atom is -0.438 e. The molecule has 44 heavy (non-hydrogen) atoms. The lowest BCUT2D eigenvalue weighted by Crippen LogP contribution is -2.36. The highest BCUT2D eigenvalue weighted by Crippen LogP contribution is 2.50. The number of pyridine rings is 1. The Morgan fingerprint density at radius 1 is 1.16 bits per heavy atom. The lowest BCUT2D eigenvalue weighted by molar-refractivity contribution is -0.149. The summed E-state index contributed by atoms with van der Waals surface area (Å²) in [5.74, 6) is -2.14. The SMILES string of the molecule is CC(=O)OCOP(=O)(CS(=O)(=O)C[C@H]1O[C@@H](n2ccc3c(CC4CCCC4)c(C#N)c(Cl)nc32)[C@H](O)[C@@H]1O)OCOC(C)=O. The van der Waals surface area contributed by atoms with E-state index in [-0.39, 0.29) is 16.4 Å². The van der Waals surface area contributed by atoms with Crippen LogP contribution in [0.5, 0.6) is 0 Å². The summed E-state index contributed by atoms with van der Waals surface area (Å²) >= 11 is 6.39. The van der Waals surface area contributed by atoms with Gasteiger partial charge in [0.25, 0.3) is 0 Å². The topological polar surface area (TPSA) is 214 Å². The molecule has 2 fully saturated rings. The molecule has 4 rings (SSSR count). The molecule has 15 nitrogen and oxygen atoms in total. The van der Waals surface area contributed by atoms with Crippen LogP contribution in [0.4, 0.5) is 0 Å². The summed E-state index contributed by atoms with van der Waals surface area (Å²) in [5, 5.41) is 32.0. The maximum absolute atomic E-state index is 13.1. The smallest absolute Gasteiger partial charge is 0.351 e. The Labute approximate surface area is 258 Å². The van der Waals surface area contributed by atoms with Crippen molar-refractivity contribution in [1.29, 1.82) is 5.26 Å². The fourth-order valence-electron chi connectivity index (χ4n) is 5.37. The van der Waals surface area contributed by atoms with E-state index in [1.807, 2.05) is 0 Å². The molecular formula is C26H33ClN3O12PS. The van der Waals surface area contributed by atoms with Gasteiger partial charge < -0.3 is 29.0 Å². The summed E-state index contributed by atoms with van der Waals surface area (Å²) in [6.45, 7) is 0.277. The fraction of sp³-hybridized carbons (Fsp3) is 0.615. The van der Waals surface area contributed by atoms with Crippen molar-refractivity contribution in [3.63, 3.8) is 0 Å². The number of nitriles is 1. The number of carbonyl (C=O) groups is 2. The minimum atomic E-state index is -4.57. The van der Waals surface area contributed by atoms with Gasteiger partial charge in [-0.25, -0.2) is 13.4 Å². The average Bonchev–Trinajstić information content (AvgIpc) is 3.64. The van der Waals surface area contributed by atoms with Crippen LogP contribution in [0.3, 0.4) is 0 Å². The predicted molar refractivity (Wildman–Crippen MR) is 153 cm³/mol. The zero-order chi connectivity index (χ0) is 32.2. The Kier molecular flexibility index (Phi) is 11.1. The molecule has 2 aliphatic rings. The number of sulfone groups is 1. The Hall–Kier alpha value is -2.61. The number of rotatable bonds is 13. The van der Waals surface area contributed by atoms with E-state index in [9.17, 15) is 38.0 Å². The molecule has 4 atom stereocenters. The maximum atomic E-state index is 13.1. The summed E-state index contributed by atoms with van der Waals surface area (Å²) in [6, 6.07) is 3.83. The first-order chi connectivity index (χ1) is 20.7. The van der Waals surface area contributed by atoms with E-state index in [1.165, 1.54) is 4.57 Å². The molecule has 0 spiro atoms. The molecule has 3 heterocycles. The van der Waals surface area contributed by atoms with E-state index in [0.717, 1.165) is 45.1 Å². The number of esters is 2. The zero-order valence-corrected chi connectivity index (χ0v) is 26.4. The van der Waals surface area contributed by atoms with Crippen LogP contribution in [-0.4, -0.2) is 83.3 Å². The Balaban J connectivity index is 1.54. The van der Waals surface area contributed by atoms with Gasteiger partial charge in [-0.2, -0.15) is 5.26 Å². The molecular weight excluding hydrogens is 645 g/mol. The van der Waals surface area contributed by atoms with Crippen molar-refractivity contribution >= 4 is 52.0 Å². The molecule has 0 amide bonds. The Bertz CT molecular complexity index is 1560. The van der Waals surface area contributed by atoms with Crippen LogP contribution >= 0.6 is 19.2 Å². The van der Waals surface area contributed by atoms with Crippen LogP contribution in [0.1, 0.15) is 56.9 Å². The van der Waals surface area contributed by atoms with Gasteiger partial charge in [0.2, 0.25) is 13.6 Å². The second-order valence-electron chi connectivity index (χ2n) is 10.6. The summed E-state index contributed by atoms with van der Waals surface area (Å²) in [6.07, 6.45) is 0.345. The van der Waals surface area contributed by atoms with Crippen molar-refractivity contribution in [2.24, 2.45) is 5.92 Å². The number of aromatic nitrogens is 2. The third kappa shape index (κ3) is 8.15. The highest BCUT2D eigenvalue weighted by Gasteiger charge is 2.47. The summed E-state index contributed by atoms with van der Waals surface area (Å²) in [5.41, 5.74) is 0.0144. The molecule has 0 unspecified atom stereocenters. The summed E-state index contributed by atoms with van der Waals surface area (Å²) in [4.78, 5) is 26.5. The Morgan fingerprint density at radius 2 is 1.77 bits per heavy atom. The van der Waals surface area contributed by atoms with Crippen molar-refractivity contribution in [3.05, 3.63) is 28.5 Å². The van der Waals surface area contributed by atoms with Gasteiger partial charge in [-0.3, -0.25) is 23.2 Å². The number of aliphatic hydroxyl groups excluding tert-OH is 2. The molecule has 2 aromatic rings. The molecule has 1 saturated heterocycles. The number of carbonyl (C=O) groups excluding carboxylic acids is 2. The van der Waals surface area contributed by atoms with Gasteiger partial charge in [0, 0.05) is 25.4 Å². The van der Waals surface area contributed by atoms with E-state index in [2.05, 4.69) is 20.5 Å². The van der Waals surface area contributed by atoms with Crippen molar-refractivity contribution < 1.29 is 56.0 Å². The standard InChI is InChI=1S/C26H33ClN3O12PS/c1-15(31)38-12-40-43(35,41-13-39-16(2)32)14-44(36,37)11-21-22(33)23(34)26(42-21)30-8-7-18-19(9-17-5-3-4-6-17)20(10-28)24(27)29-25(18)30/h7-8,17,21-23,26,33-34H,3-6,9,11-14H2,1-2H3/t21-,22-,23-,26-/m1/s1. The number of ether oxygens (including phenoxy) is 3. The van der Waals surface area contributed by atoms with Crippen LogP contribution < -0.4 is 0 Å². The third-order valence-corrected chi connectivity index (χ3v) is 12.4. The first kappa shape index (κ1) is 34.3. The molecule has 1 aliphatic carbocycles. The van der Waals surface area contributed by atoms with Crippen LogP contribution in [-0.2, 0) is 53.7 Å². The van der Waals surface area contributed by atoms with Crippen LogP contribution in [0.25, 0.3) is 11.0 Å². The van der Waals surface area contributed by atoms with E-state index in [1.54, 1.807) is 12.3 Å². The van der Waals surface area contributed by atoms with E-state index in [4.69, 9.17) is 25.4 Å². The molecule has 0 radical (unpaired) electrons. The average molecular weight is 678 g/mol. The van der Waals surface area contributed by atoms with Crippen molar-refractivity contribution in [3.8, 4) is 6.07 Å². The van der Waals surface area contributed by atoms with Crippen molar-refractivity contribution in [2.45, 2.75) is 70.5 Å². The quantitative estimate of drug-likeness (QED) is 0.135. The Morgan fingerprint density at radius 3 is 2.34 bits per heavy atom. The second kappa shape index (κ2) is 14.2. The number of hydrogen-bond acceptors (Lipinski definition) is 14. The first-order valence-electron chi connectivity index (χ1n) is 13.7. The third-order valence-electron chi connectivity index (χ3n) is 7.41. The van der Waals surface area contributed by atoms with Gasteiger partial charge in [-0.1, -0.05) is 37.3 Å². The largest absolute Gasteiger partial charge is 0.438 e. The highest BCUT2D eigenvalue weighted by atomic mass is 35.5. The van der Waals surface area contributed by atoms with Gasteiger partial charge >= 0.3 is 19.5 Å². The van der Waals surface area contributed by atoms with Crippen LogP contribution in [0.2, 0.25) is 5.15 Å². The first-order valence-corrected chi connectivity index (χ1v) is 17.6. The van der Waals surface area contributed by atoms with Crippen LogP contribution in [0, 0.1) is 17.2 Å². The molecule has 1 aliphatic heterocycles. The summed E-state index contributed by atoms with van der Waals surface area (Å²) in [7, 11) is -8.99. The van der Waals surface area contributed by atoms with Gasteiger partial charge in [0.15, 0.2) is 21.6 Å². The molecule has 18 heteroatoms. The lowest BCUT2D eigenvalue weighted by Gasteiger charge is -2.20. The van der Waals surface area contributed by atoms with E-state index >= 15 is 0 Å². The summed E-state index contributed by atoms with van der Waals surface area (Å²) < 4.78 is 65.5. The maximum Gasteiger partial charge on any atom is 0.351 e. The molecule has 0 aromatic carbocycles. The lowest BCUT2D eigenvalue weighted by atomic mass is 9.94. The number of hydrogen-bond donors (Lipinski definition) is 2. The van der Waals surface area contributed by atoms with Gasteiger partial charge in [0.05, 0.1) is 11.3 Å². The molecule has 242 valence electrons. The van der Waals surface area contributed by atoms with Crippen molar-refractivity contribution in [1.82, 2.24) is 9.55 Å². The van der Waals surface area contributed by atoms with Crippen molar-refractivity contribution in [2.75, 3.05) is 24.8 Å². The number of nitrogens with zero attached hydrogens (tertiary/aromatic N) is 3. The second-order valence-corrected chi connectivity index (χ2v) is 15.6. The molecule has 0 bridgehead atoms. The van der Waals surface area contributed by atoms with Gasteiger partial charge in [-0.05, 0) is 24.0 Å². The fourth-order valence-corrected chi connectivity index (χ4v) is 9.83. The monoisotopic (exact) mass is 677 g/mol. The highest BCUT2D eigenvalue weighted by molar-refractivity contribution is 7.97. The number of fused-ring (bicyclic) bond motifs is 1. The van der Waals surface area contributed by atoms with Gasteiger partial charge in [0.1, 0.15) is 35.2 Å². The molecule has 2 N–H and O–H groups in total. The van der Waals surface area contributed by atoms with Gasteiger partial charge in [-0.15, -0.1) is 0 Å². The number of halogens is 1. The molecule has 1 saturated carbocycles. The zero-order valence-electron chi connectivity index (χ0n) is 24.0. The predicted octanol–water partition coefficient (Wildman–Crippen LogP) is 2.55. The van der Waals surface area contributed by atoms with E-state index in [0.29, 0.717) is 17.7 Å². The van der Waals surface area contributed by atoms with E-state index < -0.39 is 78.7 Å². The normalized spacial score (nSPS) is 22.7. The minimum absolute atomic E-state index is 0.0293. The number of aliphatic hydroxyl groups is 2. The molecule has 2 aromatic heterocycles.